The van der Waals surface area contributed by atoms with Crippen LogP contribution in [0.4, 0.5) is 0 Å². The molecule has 3 heteroatoms. The fourth-order valence-electron chi connectivity index (χ4n) is 0.784. The van der Waals surface area contributed by atoms with Gasteiger partial charge in [0.1, 0.15) is 0 Å². The van der Waals surface area contributed by atoms with E-state index in [-0.39, 0.29) is 5.92 Å². The molecule has 0 aromatic heterocycles. The molecule has 66 valence electrons. The SMILES string of the molecule is CCC(CNC(C)C)C(=O)O. The third-order valence-corrected chi connectivity index (χ3v) is 1.61. The van der Waals surface area contributed by atoms with E-state index < -0.39 is 5.97 Å². The molecular formula is C8H17NO2. The van der Waals surface area contributed by atoms with Crippen molar-refractivity contribution in [2.75, 3.05) is 6.54 Å². The van der Waals surface area contributed by atoms with Crippen LogP contribution >= 0.6 is 0 Å². The highest BCUT2D eigenvalue weighted by Gasteiger charge is 2.14. The van der Waals surface area contributed by atoms with Crippen LogP contribution in [0, 0.1) is 5.92 Å². The van der Waals surface area contributed by atoms with Gasteiger partial charge in [-0.05, 0) is 6.42 Å². The van der Waals surface area contributed by atoms with Gasteiger partial charge in [0, 0.05) is 12.6 Å². The minimum absolute atomic E-state index is 0.239. The molecule has 0 aliphatic rings. The van der Waals surface area contributed by atoms with Crippen molar-refractivity contribution >= 4 is 5.97 Å². The van der Waals surface area contributed by atoms with Gasteiger partial charge in [-0.25, -0.2) is 0 Å². The molecule has 0 aromatic carbocycles. The Morgan fingerprint density at radius 2 is 2.09 bits per heavy atom. The molecule has 0 fully saturated rings. The van der Waals surface area contributed by atoms with Crippen LogP contribution in [0.1, 0.15) is 27.2 Å². The fraction of sp³-hybridized carbons (Fsp3) is 0.875. The van der Waals surface area contributed by atoms with Crippen LogP contribution in [-0.4, -0.2) is 23.7 Å². The Labute approximate surface area is 67.8 Å². The highest BCUT2D eigenvalue weighted by molar-refractivity contribution is 5.70. The van der Waals surface area contributed by atoms with Crippen LogP contribution in [-0.2, 0) is 4.79 Å². The van der Waals surface area contributed by atoms with E-state index in [1.807, 2.05) is 20.8 Å². The predicted octanol–water partition coefficient (Wildman–Crippen LogP) is 1.10. The number of rotatable bonds is 5. The number of hydrogen-bond donors (Lipinski definition) is 2. The number of nitrogens with one attached hydrogen (secondary N) is 1. The van der Waals surface area contributed by atoms with Crippen LogP contribution in [0.15, 0.2) is 0 Å². The van der Waals surface area contributed by atoms with E-state index in [1.54, 1.807) is 0 Å². The maximum atomic E-state index is 10.5. The lowest BCUT2D eigenvalue weighted by atomic mass is 10.1. The number of carbonyl (C=O) groups is 1. The number of carboxylic acid groups (broad SMARTS) is 1. The molecule has 0 bridgehead atoms. The normalized spacial score (nSPS) is 13.5. The summed E-state index contributed by atoms with van der Waals surface area (Å²) < 4.78 is 0. The Balaban J connectivity index is 3.61. The molecule has 0 aromatic rings. The second-order valence-corrected chi connectivity index (χ2v) is 3.01. The van der Waals surface area contributed by atoms with Gasteiger partial charge in [0.25, 0.3) is 0 Å². The Hall–Kier alpha value is -0.570. The van der Waals surface area contributed by atoms with Crippen LogP contribution < -0.4 is 5.32 Å². The molecular weight excluding hydrogens is 142 g/mol. The monoisotopic (exact) mass is 159 g/mol. The van der Waals surface area contributed by atoms with Crippen LogP contribution in [0.2, 0.25) is 0 Å². The molecule has 0 saturated carbocycles. The van der Waals surface area contributed by atoms with Gasteiger partial charge in [0.15, 0.2) is 0 Å². The zero-order valence-corrected chi connectivity index (χ0v) is 7.42. The standard InChI is InChI=1S/C8H17NO2/c1-4-7(8(10)11)5-9-6(2)3/h6-7,9H,4-5H2,1-3H3,(H,10,11). The van der Waals surface area contributed by atoms with Crippen molar-refractivity contribution in [3.8, 4) is 0 Å². The van der Waals surface area contributed by atoms with E-state index in [0.29, 0.717) is 19.0 Å². The van der Waals surface area contributed by atoms with Gasteiger partial charge in [-0.3, -0.25) is 4.79 Å². The van der Waals surface area contributed by atoms with Gasteiger partial charge in [-0.2, -0.15) is 0 Å². The van der Waals surface area contributed by atoms with Crippen molar-refractivity contribution in [1.29, 1.82) is 0 Å². The molecule has 0 aliphatic heterocycles. The van der Waals surface area contributed by atoms with Crippen molar-refractivity contribution in [3.05, 3.63) is 0 Å². The molecule has 2 N–H and O–H groups in total. The van der Waals surface area contributed by atoms with Gasteiger partial charge in [-0.1, -0.05) is 20.8 Å². The van der Waals surface area contributed by atoms with Gasteiger partial charge >= 0.3 is 5.97 Å². The first-order valence-electron chi connectivity index (χ1n) is 4.04. The van der Waals surface area contributed by atoms with Gasteiger partial charge in [-0.15, -0.1) is 0 Å². The summed E-state index contributed by atoms with van der Waals surface area (Å²) >= 11 is 0. The summed E-state index contributed by atoms with van der Waals surface area (Å²) in [5.74, 6) is -0.946. The van der Waals surface area contributed by atoms with Crippen molar-refractivity contribution in [3.63, 3.8) is 0 Å². The molecule has 0 radical (unpaired) electrons. The number of carboxylic acids is 1. The summed E-state index contributed by atoms with van der Waals surface area (Å²) in [6, 6.07) is 0.364. The zero-order valence-electron chi connectivity index (χ0n) is 7.42. The Kier molecular flexibility index (Phi) is 4.86. The lowest BCUT2D eigenvalue weighted by Crippen LogP contribution is -2.32. The molecule has 0 aliphatic carbocycles. The summed E-state index contributed by atoms with van der Waals surface area (Å²) in [5.41, 5.74) is 0. The maximum absolute atomic E-state index is 10.5. The van der Waals surface area contributed by atoms with E-state index in [9.17, 15) is 4.79 Å². The molecule has 0 spiro atoms. The summed E-state index contributed by atoms with van der Waals surface area (Å²) in [5, 5.41) is 11.7. The first-order valence-corrected chi connectivity index (χ1v) is 4.04. The lowest BCUT2D eigenvalue weighted by Gasteiger charge is -2.12. The lowest BCUT2D eigenvalue weighted by molar-refractivity contribution is -0.141. The molecule has 0 rings (SSSR count). The Morgan fingerprint density at radius 3 is 2.36 bits per heavy atom. The molecule has 0 saturated heterocycles. The Morgan fingerprint density at radius 1 is 1.55 bits per heavy atom. The van der Waals surface area contributed by atoms with Crippen molar-refractivity contribution in [2.24, 2.45) is 5.92 Å². The first kappa shape index (κ1) is 10.4. The van der Waals surface area contributed by atoms with Crippen LogP contribution in [0.3, 0.4) is 0 Å². The summed E-state index contributed by atoms with van der Waals surface area (Å²) in [6.07, 6.45) is 0.690. The third-order valence-electron chi connectivity index (χ3n) is 1.61. The van der Waals surface area contributed by atoms with Gasteiger partial charge < -0.3 is 10.4 Å². The third kappa shape index (κ3) is 4.79. The fourth-order valence-corrected chi connectivity index (χ4v) is 0.784. The minimum atomic E-state index is -0.708. The smallest absolute Gasteiger partial charge is 0.307 e. The molecule has 3 nitrogen and oxygen atoms in total. The quantitative estimate of drug-likeness (QED) is 0.631. The van der Waals surface area contributed by atoms with E-state index in [2.05, 4.69) is 5.32 Å². The average molecular weight is 159 g/mol. The highest BCUT2D eigenvalue weighted by Crippen LogP contribution is 2.00. The topological polar surface area (TPSA) is 49.3 Å². The van der Waals surface area contributed by atoms with E-state index in [4.69, 9.17) is 5.11 Å². The highest BCUT2D eigenvalue weighted by atomic mass is 16.4. The van der Waals surface area contributed by atoms with E-state index in [1.165, 1.54) is 0 Å². The van der Waals surface area contributed by atoms with Crippen molar-refractivity contribution < 1.29 is 9.90 Å². The maximum Gasteiger partial charge on any atom is 0.307 e. The largest absolute Gasteiger partial charge is 0.481 e. The molecule has 0 amide bonds. The molecule has 11 heavy (non-hydrogen) atoms. The minimum Gasteiger partial charge on any atom is -0.481 e. The molecule has 0 heterocycles. The first-order chi connectivity index (χ1) is 5.07. The van der Waals surface area contributed by atoms with Crippen LogP contribution in [0.25, 0.3) is 0 Å². The Bertz CT molecular complexity index is 123. The van der Waals surface area contributed by atoms with Crippen LogP contribution in [0.5, 0.6) is 0 Å². The number of aliphatic carboxylic acids is 1. The summed E-state index contributed by atoms with van der Waals surface area (Å²) in [7, 11) is 0. The van der Waals surface area contributed by atoms with Gasteiger partial charge in [0.05, 0.1) is 5.92 Å². The summed E-state index contributed by atoms with van der Waals surface area (Å²) in [4.78, 5) is 10.5. The zero-order chi connectivity index (χ0) is 8.85. The second-order valence-electron chi connectivity index (χ2n) is 3.01. The second kappa shape index (κ2) is 5.13. The van der Waals surface area contributed by atoms with E-state index in [0.717, 1.165) is 0 Å². The average Bonchev–Trinajstić information content (AvgIpc) is 1.87. The summed E-state index contributed by atoms with van der Waals surface area (Å²) in [6.45, 7) is 6.48. The van der Waals surface area contributed by atoms with Crippen molar-refractivity contribution in [1.82, 2.24) is 5.32 Å². The molecule has 1 atom stereocenters. The predicted molar refractivity (Wildman–Crippen MR) is 44.6 cm³/mol. The van der Waals surface area contributed by atoms with E-state index >= 15 is 0 Å². The molecule has 1 unspecified atom stereocenters. The number of hydrogen-bond acceptors (Lipinski definition) is 2. The van der Waals surface area contributed by atoms with Crippen molar-refractivity contribution in [2.45, 2.75) is 33.2 Å². The van der Waals surface area contributed by atoms with Gasteiger partial charge in [0.2, 0.25) is 0 Å².